The second-order valence-corrected chi connectivity index (χ2v) is 6.96. The van der Waals surface area contributed by atoms with Crippen LogP contribution < -0.4 is 10.2 Å². The molecule has 4 rings (SSSR count). The zero-order chi connectivity index (χ0) is 20.1. The smallest absolute Gasteiger partial charge is 0.272 e. The Balaban J connectivity index is 1.36. The Morgan fingerprint density at radius 1 is 1.00 bits per heavy atom. The minimum atomic E-state index is -0.0837. The van der Waals surface area contributed by atoms with Gasteiger partial charge in [-0.2, -0.15) is 0 Å². The van der Waals surface area contributed by atoms with E-state index in [0.29, 0.717) is 50.2 Å². The molecule has 148 valence electrons. The van der Waals surface area contributed by atoms with Gasteiger partial charge in [-0.1, -0.05) is 29.8 Å². The van der Waals surface area contributed by atoms with Crippen LogP contribution in [0.4, 0.5) is 11.8 Å². The molecule has 8 heteroatoms. The number of rotatable bonds is 5. The molecule has 0 aliphatic carbocycles. The third-order valence-electron chi connectivity index (χ3n) is 4.84. The summed E-state index contributed by atoms with van der Waals surface area (Å²) in [5.41, 5.74) is 2.77. The van der Waals surface area contributed by atoms with Crippen molar-refractivity contribution in [3.63, 3.8) is 0 Å². The van der Waals surface area contributed by atoms with Crippen molar-refractivity contribution in [1.82, 2.24) is 24.8 Å². The van der Waals surface area contributed by atoms with Crippen LogP contribution in [0.25, 0.3) is 0 Å². The minimum absolute atomic E-state index is 0.0837. The first-order valence-corrected chi connectivity index (χ1v) is 9.62. The van der Waals surface area contributed by atoms with E-state index in [1.165, 1.54) is 11.9 Å². The number of aryl methyl sites for hydroxylation is 1. The zero-order valence-corrected chi connectivity index (χ0v) is 16.3. The molecule has 3 aromatic rings. The van der Waals surface area contributed by atoms with Gasteiger partial charge in [0.1, 0.15) is 17.8 Å². The quantitative estimate of drug-likeness (QED) is 0.715. The van der Waals surface area contributed by atoms with E-state index in [1.54, 1.807) is 24.5 Å². The summed E-state index contributed by atoms with van der Waals surface area (Å²) in [4.78, 5) is 33.7. The molecule has 3 heterocycles. The van der Waals surface area contributed by atoms with Crippen LogP contribution in [0.15, 0.2) is 55.1 Å². The van der Waals surface area contributed by atoms with Gasteiger partial charge in [0, 0.05) is 51.2 Å². The number of hydrogen-bond donors (Lipinski definition) is 1. The van der Waals surface area contributed by atoms with Crippen LogP contribution >= 0.6 is 0 Å². The fourth-order valence-electron chi connectivity index (χ4n) is 3.31. The van der Waals surface area contributed by atoms with E-state index in [1.807, 2.05) is 11.0 Å². The predicted molar refractivity (Wildman–Crippen MR) is 111 cm³/mol. The highest BCUT2D eigenvalue weighted by molar-refractivity contribution is 5.93. The maximum Gasteiger partial charge on any atom is 0.272 e. The monoisotopic (exact) mass is 389 g/mol. The number of nitrogens with one attached hydrogen (secondary N) is 1. The van der Waals surface area contributed by atoms with E-state index in [-0.39, 0.29) is 5.91 Å². The lowest BCUT2D eigenvalue weighted by Crippen LogP contribution is -2.49. The van der Waals surface area contributed by atoms with E-state index in [4.69, 9.17) is 0 Å². The topological polar surface area (TPSA) is 87.1 Å². The minimum Gasteiger partial charge on any atom is -0.366 e. The van der Waals surface area contributed by atoms with Gasteiger partial charge in [0.25, 0.3) is 5.91 Å². The zero-order valence-electron chi connectivity index (χ0n) is 16.3. The maximum absolute atomic E-state index is 12.9. The molecule has 1 N–H and O–H groups in total. The van der Waals surface area contributed by atoms with Crippen LogP contribution in [0.1, 0.15) is 21.6 Å². The maximum atomic E-state index is 12.9. The summed E-state index contributed by atoms with van der Waals surface area (Å²) >= 11 is 0. The van der Waals surface area contributed by atoms with Gasteiger partial charge in [0.2, 0.25) is 5.95 Å². The first kappa shape index (κ1) is 18.8. The van der Waals surface area contributed by atoms with Crippen LogP contribution in [0.2, 0.25) is 0 Å². The van der Waals surface area contributed by atoms with Crippen LogP contribution in [0.5, 0.6) is 0 Å². The van der Waals surface area contributed by atoms with E-state index in [0.717, 1.165) is 5.56 Å². The summed E-state index contributed by atoms with van der Waals surface area (Å²) in [6.45, 7) is 5.30. The number of aromatic nitrogens is 4. The lowest BCUT2D eigenvalue weighted by molar-refractivity contribution is 0.0740. The standard InChI is InChI=1S/C21H23N7O/c1-16-4-2-5-17(12-16)14-24-19-13-18(25-15-26-19)20(29)27-8-10-28(11-9-27)21-22-6-3-7-23-21/h2-7,12-13,15H,8-11,14H2,1H3,(H,24,25,26). The van der Waals surface area contributed by atoms with Crippen LogP contribution in [0.3, 0.4) is 0 Å². The first-order chi connectivity index (χ1) is 14.2. The Hall–Kier alpha value is -3.55. The Morgan fingerprint density at radius 3 is 2.55 bits per heavy atom. The molecule has 1 fully saturated rings. The molecule has 0 radical (unpaired) electrons. The summed E-state index contributed by atoms with van der Waals surface area (Å²) in [6.07, 6.45) is 4.89. The molecule has 0 unspecified atom stereocenters. The molecule has 1 aliphatic rings. The number of benzene rings is 1. The van der Waals surface area contributed by atoms with Crippen LogP contribution in [0, 0.1) is 6.92 Å². The second kappa shape index (κ2) is 8.64. The fraction of sp³-hybridized carbons (Fsp3) is 0.286. The van der Waals surface area contributed by atoms with Crippen molar-refractivity contribution in [1.29, 1.82) is 0 Å². The van der Waals surface area contributed by atoms with Gasteiger partial charge in [-0.05, 0) is 18.6 Å². The normalized spacial score (nSPS) is 14.0. The number of amides is 1. The fourth-order valence-corrected chi connectivity index (χ4v) is 3.31. The molecular weight excluding hydrogens is 366 g/mol. The molecule has 1 amide bonds. The molecule has 2 aromatic heterocycles. The number of anilines is 2. The Labute approximate surface area is 169 Å². The molecule has 0 atom stereocenters. The highest BCUT2D eigenvalue weighted by Gasteiger charge is 2.24. The number of hydrogen-bond acceptors (Lipinski definition) is 7. The van der Waals surface area contributed by atoms with Crippen molar-refractivity contribution in [2.75, 3.05) is 36.4 Å². The number of nitrogens with zero attached hydrogens (tertiary/aromatic N) is 6. The Kier molecular flexibility index (Phi) is 5.60. The molecule has 8 nitrogen and oxygen atoms in total. The van der Waals surface area contributed by atoms with Crippen LogP contribution in [-0.4, -0.2) is 56.9 Å². The molecule has 0 saturated carbocycles. The Bertz CT molecular complexity index is 972. The van der Waals surface area contributed by atoms with E-state index in [2.05, 4.69) is 55.3 Å². The van der Waals surface area contributed by atoms with Gasteiger partial charge in [0.15, 0.2) is 0 Å². The highest BCUT2D eigenvalue weighted by atomic mass is 16.2. The Morgan fingerprint density at radius 2 is 1.79 bits per heavy atom. The van der Waals surface area contributed by atoms with E-state index in [9.17, 15) is 4.79 Å². The summed E-state index contributed by atoms with van der Waals surface area (Å²) in [5.74, 6) is 1.25. The summed E-state index contributed by atoms with van der Waals surface area (Å²) in [6, 6.07) is 11.8. The van der Waals surface area contributed by atoms with Gasteiger partial charge >= 0.3 is 0 Å². The number of piperazine rings is 1. The summed E-state index contributed by atoms with van der Waals surface area (Å²) in [5, 5.41) is 3.27. The van der Waals surface area contributed by atoms with Crippen molar-refractivity contribution < 1.29 is 4.79 Å². The highest BCUT2D eigenvalue weighted by Crippen LogP contribution is 2.14. The average molecular weight is 389 g/mol. The van der Waals surface area contributed by atoms with Crippen molar-refractivity contribution in [2.24, 2.45) is 0 Å². The van der Waals surface area contributed by atoms with Gasteiger partial charge in [0.05, 0.1) is 0 Å². The summed E-state index contributed by atoms with van der Waals surface area (Å²) < 4.78 is 0. The van der Waals surface area contributed by atoms with Gasteiger partial charge < -0.3 is 15.1 Å². The summed E-state index contributed by atoms with van der Waals surface area (Å²) in [7, 11) is 0. The lowest BCUT2D eigenvalue weighted by atomic mass is 10.1. The van der Waals surface area contributed by atoms with Gasteiger partial charge in [-0.25, -0.2) is 19.9 Å². The average Bonchev–Trinajstić information content (AvgIpc) is 2.78. The number of carbonyl (C=O) groups excluding carboxylic acids is 1. The third-order valence-corrected chi connectivity index (χ3v) is 4.84. The second-order valence-electron chi connectivity index (χ2n) is 6.96. The predicted octanol–water partition coefficient (Wildman–Crippen LogP) is 2.15. The molecule has 1 aliphatic heterocycles. The van der Waals surface area contributed by atoms with Crippen LogP contribution in [-0.2, 0) is 6.54 Å². The molecule has 1 saturated heterocycles. The van der Waals surface area contributed by atoms with Crippen molar-refractivity contribution >= 4 is 17.7 Å². The van der Waals surface area contributed by atoms with Crippen molar-refractivity contribution in [3.05, 3.63) is 71.9 Å². The van der Waals surface area contributed by atoms with Crippen molar-refractivity contribution in [2.45, 2.75) is 13.5 Å². The van der Waals surface area contributed by atoms with E-state index >= 15 is 0 Å². The third kappa shape index (κ3) is 4.66. The van der Waals surface area contributed by atoms with Gasteiger partial charge in [-0.3, -0.25) is 4.79 Å². The molecule has 1 aromatic carbocycles. The molecule has 0 spiro atoms. The molecule has 0 bridgehead atoms. The first-order valence-electron chi connectivity index (χ1n) is 9.62. The molecule has 29 heavy (non-hydrogen) atoms. The lowest BCUT2D eigenvalue weighted by Gasteiger charge is -2.34. The largest absolute Gasteiger partial charge is 0.366 e. The molecular formula is C21H23N7O. The van der Waals surface area contributed by atoms with E-state index < -0.39 is 0 Å². The van der Waals surface area contributed by atoms with Gasteiger partial charge in [-0.15, -0.1) is 0 Å². The number of carbonyl (C=O) groups is 1. The SMILES string of the molecule is Cc1cccc(CNc2cc(C(=O)N3CCN(c4ncccn4)CC3)ncn2)c1. The van der Waals surface area contributed by atoms with Crippen molar-refractivity contribution in [3.8, 4) is 0 Å².